The van der Waals surface area contributed by atoms with Crippen LogP contribution in [0.15, 0.2) is 42.5 Å². The number of carbonyl (C=O) groups excluding carboxylic acids is 2. The van der Waals surface area contributed by atoms with E-state index in [1.165, 1.54) is 0 Å². The average molecular weight is 394 g/mol. The van der Waals surface area contributed by atoms with Gasteiger partial charge in [-0.1, -0.05) is 24.6 Å². The zero-order valence-electron chi connectivity index (χ0n) is 17.5. The molecule has 0 aliphatic carbocycles. The van der Waals surface area contributed by atoms with Crippen molar-refractivity contribution in [1.29, 1.82) is 0 Å². The van der Waals surface area contributed by atoms with E-state index >= 15 is 0 Å². The highest BCUT2D eigenvalue weighted by Gasteiger charge is 2.15. The summed E-state index contributed by atoms with van der Waals surface area (Å²) in [5.74, 6) is 0.152. The Hall–Kier alpha value is -2.82. The smallest absolute Gasteiger partial charge is 0.244 e. The molecule has 1 aromatic carbocycles. The van der Waals surface area contributed by atoms with Gasteiger partial charge in [0.15, 0.2) is 0 Å². The van der Waals surface area contributed by atoms with Crippen LogP contribution < -0.4 is 5.32 Å². The van der Waals surface area contributed by atoms with Crippen LogP contribution in [0.5, 0.6) is 0 Å². The lowest BCUT2D eigenvalue weighted by Gasteiger charge is -2.20. The van der Waals surface area contributed by atoms with Gasteiger partial charge in [0.2, 0.25) is 11.8 Å². The lowest BCUT2D eigenvalue weighted by molar-refractivity contribution is -0.130. The Morgan fingerprint density at radius 2 is 1.93 bits per heavy atom. The molecule has 154 valence electrons. The van der Waals surface area contributed by atoms with E-state index in [-0.39, 0.29) is 11.8 Å². The van der Waals surface area contributed by atoms with Crippen LogP contribution in [0.3, 0.4) is 0 Å². The molecule has 1 aromatic heterocycles. The summed E-state index contributed by atoms with van der Waals surface area (Å²) in [6.07, 6.45) is 8.13. The first-order valence-corrected chi connectivity index (χ1v) is 10.5. The molecule has 1 N–H and O–H groups in total. The van der Waals surface area contributed by atoms with Crippen LogP contribution in [0.4, 0.5) is 0 Å². The topological polar surface area (TPSA) is 54.3 Å². The van der Waals surface area contributed by atoms with Crippen LogP contribution in [0.2, 0.25) is 0 Å². The molecule has 5 heteroatoms. The molecule has 1 aliphatic rings. The van der Waals surface area contributed by atoms with Gasteiger partial charge in [0, 0.05) is 49.2 Å². The van der Waals surface area contributed by atoms with Crippen molar-refractivity contribution in [3.63, 3.8) is 0 Å². The van der Waals surface area contributed by atoms with Crippen molar-refractivity contribution in [3.05, 3.63) is 59.4 Å². The summed E-state index contributed by atoms with van der Waals surface area (Å²) < 4.78 is 2.19. The number of nitrogens with one attached hydrogen (secondary N) is 1. The number of amides is 2. The maximum Gasteiger partial charge on any atom is 0.244 e. The van der Waals surface area contributed by atoms with Crippen LogP contribution >= 0.6 is 0 Å². The summed E-state index contributed by atoms with van der Waals surface area (Å²) in [5, 5.41) is 2.93. The van der Waals surface area contributed by atoms with E-state index in [0.29, 0.717) is 13.0 Å². The Morgan fingerprint density at radius 1 is 1.14 bits per heavy atom. The van der Waals surface area contributed by atoms with E-state index < -0.39 is 0 Å². The SMILES string of the molecule is Cc1cc(/C=C/C(=O)NCCCN2CCCCCC2=O)c(C)n1-c1ccccc1. The standard InChI is InChI=1S/C24H31N3O2/c1-19-18-21(20(2)27(19)22-10-5-3-6-11-22)13-14-23(28)25-15-9-17-26-16-8-4-7-12-24(26)29/h3,5-6,10-11,13-14,18H,4,7-9,12,15-17H2,1-2H3,(H,25,28)/b14-13+. The van der Waals surface area contributed by atoms with Gasteiger partial charge in [-0.25, -0.2) is 0 Å². The Morgan fingerprint density at radius 3 is 2.72 bits per heavy atom. The largest absolute Gasteiger partial charge is 0.352 e. The molecule has 0 radical (unpaired) electrons. The summed E-state index contributed by atoms with van der Waals surface area (Å²) in [6, 6.07) is 12.3. The first kappa shape index (κ1) is 20.9. The Labute approximate surface area is 173 Å². The van der Waals surface area contributed by atoms with Gasteiger partial charge in [-0.3, -0.25) is 9.59 Å². The predicted octanol–water partition coefficient (Wildman–Crippen LogP) is 4.02. The van der Waals surface area contributed by atoms with Crippen LogP contribution in [-0.4, -0.2) is 40.9 Å². The van der Waals surface area contributed by atoms with Crippen molar-refractivity contribution >= 4 is 17.9 Å². The highest BCUT2D eigenvalue weighted by atomic mass is 16.2. The second kappa shape index (κ2) is 10.1. The molecule has 1 saturated heterocycles. The molecule has 2 aromatic rings. The molecule has 1 fully saturated rings. The minimum absolute atomic E-state index is 0.100. The number of hydrogen-bond donors (Lipinski definition) is 1. The van der Waals surface area contributed by atoms with E-state index in [4.69, 9.17) is 0 Å². The lowest BCUT2D eigenvalue weighted by Crippen LogP contribution is -2.33. The summed E-state index contributed by atoms with van der Waals surface area (Å²) in [4.78, 5) is 26.1. The summed E-state index contributed by atoms with van der Waals surface area (Å²) >= 11 is 0. The Balaban J connectivity index is 1.50. The molecule has 3 rings (SSSR count). The molecule has 2 amide bonds. The molecule has 0 saturated carbocycles. The zero-order valence-corrected chi connectivity index (χ0v) is 17.5. The Bertz CT molecular complexity index is 868. The number of carbonyl (C=O) groups is 2. The molecule has 1 aliphatic heterocycles. The number of aryl methyl sites for hydroxylation is 1. The maximum atomic E-state index is 12.2. The molecular weight excluding hydrogens is 362 g/mol. The number of hydrogen-bond acceptors (Lipinski definition) is 2. The van der Waals surface area contributed by atoms with Crippen LogP contribution in [0.1, 0.15) is 49.1 Å². The van der Waals surface area contributed by atoms with Gasteiger partial charge in [0.05, 0.1) is 0 Å². The monoisotopic (exact) mass is 393 g/mol. The zero-order chi connectivity index (χ0) is 20.6. The summed E-state index contributed by atoms with van der Waals surface area (Å²) in [6.45, 7) is 6.29. The highest BCUT2D eigenvalue weighted by Crippen LogP contribution is 2.21. The summed E-state index contributed by atoms with van der Waals surface area (Å²) in [5.41, 5.74) is 4.40. The van der Waals surface area contributed by atoms with Crippen LogP contribution in [-0.2, 0) is 9.59 Å². The molecular formula is C24H31N3O2. The molecule has 29 heavy (non-hydrogen) atoms. The van der Waals surface area contributed by atoms with Crippen LogP contribution in [0.25, 0.3) is 11.8 Å². The molecule has 0 spiro atoms. The van der Waals surface area contributed by atoms with Gasteiger partial charge in [0.1, 0.15) is 0 Å². The number of nitrogens with zero attached hydrogens (tertiary/aromatic N) is 2. The minimum atomic E-state index is -0.100. The molecule has 0 bridgehead atoms. The van der Waals surface area contributed by atoms with E-state index in [9.17, 15) is 9.59 Å². The van der Waals surface area contributed by atoms with E-state index in [1.807, 2.05) is 29.2 Å². The molecule has 0 atom stereocenters. The number of benzene rings is 1. The molecule has 2 heterocycles. The number of likely N-dealkylation sites (tertiary alicyclic amines) is 1. The fourth-order valence-corrected chi connectivity index (χ4v) is 3.91. The molecule has 0 unspecified atom stereocenters. The maximum absolute atomic E-state index is 12.2. The third-order valence-electron chi connectivity index (χ3n) is 5.47. The van der Waals surface area contributed by atoms with Gasteiger partial charge < -0.3 is 14.8 Å². The van der Waals surface area contributed by atoms with Crippen molar-refractivity contribution < 1.29 is 9.59 Å². The van der Waals surface area contributed by atoms with Crippen LogP contribution in [0, 0.1) is 13.8 Å². The van der Waals surface area contributed by atoms with Crippen molar-refractivity contribution in [2.24, 2.45) is 0 Å². The van der Waals surface area contributed by atoms with Crippen molar-refractivity contribution in [2.75, 3.05) is 19.6 Å². The number of para-hydroxylation sites is 1. The van der Waals surface area contributed by atoms with E-state index in [1.54, 1.807) is 6.08 Å². The van der Waals surface area contributed by atoms with E-state index in [2.05, 4.69) is 41.9 Å². The number of rotatable bonds is 7. The quantitative estimate of drug-likeness (QED) is 0.571. The third-order valence-corrected chi connectivity index (χ3v) is 5.47. The summed E-state index contributed by atoms with van der Waals surface area (Å²) in [7, 11) is 0. The number of aromatic nitrogens is 1. The first-order chi connectivity index (χ1) is 14.1. The first-order valence-electron chi connectivity index (χ1n) is 10.5. The normalized spacial score (nSPS) is 15.0. The van der Waals surface area contributed by atoms with Gasteiger partial charge >= 0.3 is 0 Å². The fourth-order valence-electron chi connectivity index (χ4n) is 3.91. The fraction of sp³-hybridized carbons (Fsp3) is 0.417. The molecule has 5 nitrogen and oxygen atoms in total. The van der Waals surface area contributed by atoms with Gasteiger partial charge in [-0.15, -0.1) is 0 Å². The second-order valence-electron chi connectivity index (χ2n) is 7.67. The van der Waals surface area contributed by atoms with Gasteiger partial charge in [-0.2, -0.15) is 0 Å². The van der Waals surface area contributed by atoms with E-state index in [0.717, 1.165) is 61.4 Å². The highest BCUT2D eigenvalue weighted by molar-refractivity contribution is 5.91. The van der Waals surface area contributed by atoms with Crippen molar-refractivity contribution in [1.82, 2.24) is 14.8 Å². The van der Waals surface area contributed by atoms with Crippen molar-refractivity contribution in [2.45, 2.75) is 46.0 Å². The lowest BCUT2D eigenvalue weighted by atomic mass is 10.2. The Kier molecular flexibility index (Phi) is 7.28. The third kappa shape index (κ3) is 5.59. The van der Waals surface area contributed by atoms with Gasteiger partial charge in [0.25, 0.3) is 0 Å². The van der Waals surface area contributed by atoms with Crippen molar-refractivity contribution in [3.8, 4) is 5.69 Å². The second-order valence-corrected chi connectivity index (χ2v) is 7.67. The predicted molar refractivity (Wildman–Crippen MR) is 117 cm³/mol. The van der Waals surface area contributed by atoms with Gasteiger partial charge in [-0.05, 0) is 62.9 Å². The minimum Gasteiger partial charge on any atom is -0.352 e. The average Bonchev–Trinajstić information content (AvgIpc) is 2.86.